The molecule has 3 aromatic rings. The second-order valence-electron chi connectivity index (χ2n) is 6.84. The Balaban J connectivity index is 1.75. The molecule has 1 N–H and O–H groups in total. The van der Waals surface area contributed by atoms with E-state index >= 15 is 0 Å². The van der Waals surface area contributed by atoms with Crippen molar-refractivity contribution in [3.8, 4) is 0 Å². The first-order valence-corrected chi connectivity index (χ1v) is 11.9. The van der Waals surface area contributed by atoms with Crippen molar-refractivity contribution < 1.29 is 13.2 Å². The third-order valence-corrected chi connectivity index (χ3v) is 7.21. The first kappa shape index (κ1) is 23.1. The van der Waals surface area contributed by atoms with E-state index in [1.54, 1.807) is 30.3 Å². The number of nitrogens with one attached hydrogen (secondary N) is 1. The van der Waals surface area contributed by atoms with Gasteiger partial charge in [0.05, 0.1) is 20.6 Å². The van der Waals surface area contributed by atoms with Gasteiger partial charge in [-0.3, -0.25) is 9.10 Å². The zero-order chi connectivity index (χ0) is 22.3. The summed E-state index contributed by atoms with van der Waals surface area (Å²) in [4.78, 5) is 12.7. The number of carbonyl (C=O) groups is 1. The molecular formula is C23H22Cl2N2O3S. The Bertz CT molecular complexity index is 1120. The van der Waals surface area contributed by atoms with E-state index in [4.69, 9.17) is 23.2 Å². The predicted octanol–water partition coefficient (Wildman–Crippen LogP) is 4.94. The van der Waals surface area contributed by atoms with Crippen LogP contribution in [0, 0.1) is 0 Å². The summed E-state index contributed by atoms with van der Waals surface area (Å²) in [7, 11) is -4.03. The number of amides is 1. The third-order valence-electron chi connectivity index (χ3n) is 4.63. The molecule has 0 saturated carbocycles. The molecule has 0 aliphatic heterocycles. The highest BCUT2D eigenvalue weighted by atomic mass is 35.5. The second-order valence-corrected chi connectivity index (χ2v) is 9.48. The van der Waals surface area contributed by atoms with E-state index in [0.29, 0.717) is 6.54 Å². The predicted molar refractivity (Wildman–Crippen MR) is 125 cm³/mol. The van der Waals surface area contributed by atoms with Crippen LogP contribution in [-0.2, 0) is 21.2 Å². The van der Waals surface area contributed by atoms with Gasteiger partial charge in [0.25, 0.3) is 10.0 Å². The lowest BCUT2D eigenvalue weighted by Gasteiger charge is -2.25. The van der Waals surface area contributed by atoms with Crippen molar-refractivity contribution in [2.45, 2.75) is 17.7 Å². The summed E-state index contributed by atoms with van der Waals surface area (Å²) in [6, 6.07) is 22.5. The maximum absolute atomic E-state index is 13.3. The van der Waals surface area contributed by atoms with Crippen LogP contribution >= 0.6 is 23.2 Å². The lowest BCUT2D eigenvalue weighted by Crippen LogP contribution is -2.41. The average molecular weight is 477 g/mol. The normalized spacial score (nSPS) is 11.2. The van der Waals surface area contributed by atoms with Crippen molar-refractivity contribution >= 4 is 44.8 Å². The number of sulfonamides is 1. The Morgan fingerprint density at radius 1 is 0.871 bits per heavy atom. The smallest absolute Gasteiger partial charge is 0.264 e. The van der Waals surface area contributed by atoms with Crippen LogP contribution < -0.4 is 9.62 Å². The topological polar surface area (TPSA) is 66.5 Å². The maximum atomic E-state index is 13.3. The lowest BCUT2D eigenvalue weighted by atomic mass is 10.1. The SMILES string of the molecule is O=C(CN(c1cccc(Cl)c1Cl)S(=O)(=O)c1ccccc1)NCCCc1ccccc1. The number of rotatable bonds is 9. The van der Waals surface area contributed by atoms with Crippen LogP contribution in [0.2, 0.25) is 10.0 Å². The van der Waals surface area contributed by atoms with E-state index in [1.807, 2.05) is 30.3 Å². The van der Waals surface area contributed by atoms with Crippen molar-refractivity contribution in [2.24, 2.45) is 0 Å². The molecule has 0 heterocycles. The van der Waals surface area contributed by atoms with Gasteiger partial charge in [-0.1, -0.05) is 77.8 Å². The summed E-state index contributed by atoms with van der Waals surface area (Å²) in [5.41, 5.74) is 1.33. The molecule has 0 fully saturated rings. The molecule has 8 heteroatoms. The van der Waals surface area contributed by atoms with Crippen LogP contribution in [0.3, 0.4) is 0 Å². The van der Waals surface area contributed by atoms with Gasteiger partial charge in [0.2, 0.25) is 5.91 Å². The Morgan fingerprint density at radius 3 is 2.19 bits per heavy atom. The minimum absolute atomic E-state index is 0.0583. The van der Waals surface area contributed by atoms with E-state index < -0.39 is 22.5 Å². The van der Waals surface area contributed by atoms with E-state index in [2.05, 4.69) is 5.32 Å². The molecule has 1 amide bonds. The number of halogens is 2. The van der Waals surface area contributed by atoms with Crippen molar-refractivity contribution in [1.82, 2.24) is 5.32 Å². The molecule has 3 rings (SSSR count). The lowest BCUT2D eigenvalue weighted by molar-refractivity contribution is -0.119. The Hall–Kier alpha value is -2.54. The molecule has 0 aromatic heterocycles. The second kappa shape index (κ2) is 10.7. The average Bonchev–Trinajstić information content (AvgIpc) is 2.78. The Kier molecular flexibility index (Phi) is 7.96. The van der Waals surface area contributed by atoms with Gasteiger partial charge in [0.1, 0.15) is 6.54 Å². The molecule has 0 aliphatic rings. The molecule has 0 saturated heterocycles. The standard InChI is InChI=1S/C23H22Cl2N2O3S/c24-20-14-7-15-21(23(20)25)27(31(29,30)19-12-5-2-6-13-19)17-22(28)26-16-8-11-18-9-3-1-4-10-18/h1-7,9-10,12-15H,8,11,16-17H2,(H,26,28). The zero-order valence-electron chi connectivity index (χ0n) is 16.7. The van der Waals surface area contributed by atoms with E-state index in [1.165, 1.54) is 23.8 Å². The van der Waals surface area contributed by atoms with Crippen LogP contribution in [0.4, 0.5) is 5.69 Å². The van der Waals surface area contributed by atoms with Gasteiger partial charge in [0.15, 0.2) is 0 Å². The molecule has 3 aromatic carbocycles. The summed E-state index contributed by atoms with van der Waals surface area (Å²) >= 11 is 12.4. The Labute approximate surface area is 192 Å². The first-order chi connectivity index (χ1) is 14.9. The van der Waals surface area contributed by atoms with Crippen molar-refractivity contribution in [3.05, 3.63) is 94.5 Å². The van der Waals surface area contributed by atoms with E-state index in [-0.39, 0.29) is 20.6 Å². The minimum Gasteiger partial charge on any atom is -0.355 e. The third kappa shape index (κ3) is 6.00. The first-order valence-electron chi connectivity index (χ1n) is 9.72. The van der Waals surface area contributed by atoms with E-state index in [9.17, 15) is 13.2 Å². The molecular weight excluding hydrogens is 455 g/mol. The number of carbonyl (C=O) groups excluding carboxylic acids is 1. The monoisotopic (exact) mass is 476 g/mol. The van der Waals surface area contributed by atoms with Crippen LogP contribution in [0.1, 0.15) is 12.0 Å². The molecule has 5 nitrogen and oxygen atoms in total. The fourth-order valence-electron chi connectivity index (χ4n) is 3.06. The van der Waals surface area contributed by atoms with Gasteiger partial charge in [-0.05, 0) is 42.7 Å². The summed E-state index contributed by atoms with van der Waals surface area (Å²) < 4.78 is 27.6. The van der Waals surface area contributed by atoms with Crippen LogP contribution in [0.5, 0.6) is 0 Å². The molecule has 162 valence electrons. The fraction of sp³-hybridized carbons (Fsp3) is 0.174. The Morgan fingerprint density at radius 2 is 1.52 bits per heavy atom. The minimum atomic E-state index is -4.03. The number of anilines is 1. The van der Waals surface area contributed by atoms with Crippen LogP contribution in [0.25, 0.3) is 0 Å². The zero-order valence-corrected chi connectivity index (χ0v) is 19.0. The number of hydrogen-bond acceptors (Lipinski definition) is 3. The number of nitrogens with zero attached hydrogens (tertiary/aromatic N) is 1. The van der Waals surface area contributed by atoms with Crippen molar-refractivity contribution in [2.75, 3.05) is 17.4 Å². The molecule has 0 bridgehead atoms. The van der Waals surface area contributed by atoms with Gasteiger partial charge in [0, 0.05) is 6.54 Å². The highest BCUT2D eigenvalue weighted by Crippen LogP contribution is 2.35. The van der Waals surface area contributed by atoms with Gasteiger partial charge in [-0.25, -0.2) is 8.42 Å². The summed E-state index contributed by atoms with van der Waals surface area (Å²) in [6.07, 6.45) is 1.55. The molecule has 31 heavy (non-hydrogen) atoms. The van der Waals surface area contributed by atoms with Gasteiger partial charge in [-0.15, -0.1) is 0 Å². The fourth-order valence-corrected chi connectivity index (χ4v) is 4.96. The molecule has 0 radical (unpaired) electrons. The van der Waals surface area contributed by atoms with Crippen molar-refractivity contribution in [3.63, 3.8) is 0 Å². The van der Waals surface area contributed by atoms with Crippen LogP contribution in [0.15, 0.2) is 83.8 Å². The molecule has 0 aliphatic carbocycles. The highest BCUT2D eigenvalue weighted by molar-refractivity contribution is 7.92. The van der Waals surface area contributed by atoms with E-state index in [0.717, 1.165) is 17.1 Å². The largest absolute Gasteiger partial charge is 0.355 e. The number of aryl methyl sites for hydroxylation is 1. The maximum Gasteiger partial charge on any atom is 0.264 e. The number of hydrogen-bond donors (Lipinski definition) is 1. The van der Waals surface area contributed by atoms with Gasteiger partial charge in [-0.2, -0.15) is 0 Å². The van der Waals surface area contributed by atoms with Crippen LogP contribution in [-0.4, -0.2) is 27.4 Å². The van der Waals surface area contributed by atoms with Gasteiger partial charge < -0.3 is 5.32 Å². The quantitative estimate of drug-likeness (QED) is 0.444. The highest BCUT2D eigenvalue weighted by Gasteiger charge is 2.29. The molecule has 0 atom stereocenters. The van der Waals surface area contributed by atoms with Gasteiger partial charge >= 0.3 is 0 Å². The molecule has 0 spiro atoms. The number of benzene rings is 3. The van der Waals surface area contributed by atoms with Crippen molar-refractivity contribution in [1.29, 1.82) is 0 Å². The molecule has 0 unspecified atom stereocenters. The summed E-state index contributed by atoms with van der Waals surface area (Å²) in [6.45, 7) is 0.0128. The summed E-state index contributed by atoms with van der Waals surface area (Å²) in [5, 5.41) is 3.06. The summed E-state index contributed by atoms with van der Waals surface area (Å²) in [5.74, 6) is -0.427.